The second-order valence-electron chi connectivity index (χ2n) is 7.35. The molecule has 0 saturated heterocycles. The lowest BCUT2D eigenvalue weighted by molar-refractivity contribution is 0.226. The third-order valence-corrected chi connectivity index (χ3v) is 4.11. The predicted molar refractivity (Wildman–Crippen MR) is 90.6 cm³/mol. The van der Waals surface area contributed by atoms with Crippen LogP contribution in [0.3, 0.4) is 0 Å². The molecule has 5 nitrogen and oxygen atoms in total. The smallest absolute Gasteiger partial charge is 0.315 e. The van der Waals surface area contributed by atoms with E-state index in [1.54, 1.807) is 6.20 Å². The number of fused-ring (bicyclic) bond motifs is 1. The minimum absolute atomic E-state index is 0.177. The average molecular weight is 348 g/mol. The van der Waals surface area contributed by atoms with Crippen LogP contribution in [0.2, 0.25) is 0 Å². The first-order chi connectivity index (χ1) is 11.7. The quantitative estimate of drug-likeness (QED) is 0.871. The average Bonchev–Trinajstić information content (AvgIpc) is 2.90. The Hall–Kier alpha value is -2.44. The van der Waals surface area contributed by atoms with Gasteiger partial charge in [-0.05, 0) is 52.2 Å². The van der Waals surface area contributed by atoms with Crippen molar-refractivity contribution >= 4 is 6.03 Å². The van der Waals surface area contributed by atoms with Gasteiger partial charge in [-0.1, -0.05) is 0 Å². The number of carbonyl (C=O) groups excluding carboxylic acids is 1. The Morgan fingerprint density at radius 2 is 2.08 bits per heavy atom. The molecule has 0 radical (unpaired) electrons. The van der Waals surface area contributed by atoms with Crippen LogP contribution < -0.4 is 10.6 Å². The number of carbonyl (C=O) groups is 1. The maximum Gasteiger partial charge on any atom is 0.315 e. The first kappa shape index (κ1) is 17.4. The Bertz CT molecular complexity index is 795. The summed E-state index contributed by atoms with van der Waals surface area (Å²) in [6.07, 6.45) is 4.02. The van der Waals surface area contributed by atoms with Crippen LogP contribution in [0.1, 0.15) is 50.9 Å². The van der Waals surface area contributed by atoms with Crippen LogP contribution in [0.5, 0.6) is 0 Å². The molecule has 1 aromatic heterocycles. The molecule has 1 unspecified atom stereocenters. The number of hydrogen-bond acceptors (Lipinski definition) is 2. The van der Waals surface area contributed by atoms with E-state index in [2.05, 4.69) is 15.7 Å². The minimum atomic E-state index is -0.661. The summed E-state index contributed by atoms with van der Waals surface area (Å²) in [6.45, 7) is 5.73. The fourth-order valence-electron chi connectivity index (χ4n) is 3.10. The zero-order chi connectivity index (χ0) is 18.2. The molecule has 1 aliphatic rings. The predicted octanol–water partition coefficient (Wildman–Crippen LogP) is 3.63. The van der Waals surface area contributed by atoms with Gasteiger partial charge < -0.3 is 10.6 Å². The molecule has 0 spiro atoms. The number of benzene rings is 1. The van der Waals surface area contributed by atoms with Crippen molar-refractivity contribution in [3.05, 3.63) is 47.3 Å². The van der Waals surface area contributed by atoms with Gasteiger partial charge in [0.05, 0.1) is 12.2 Å². The Morgan fingerprint density at radius 1 is 1.32 bits per heavy atom. The molecule has 0 aliphatic heterocycles. The number of rotatable bonds is 2. The van der Waals surface area contributed by atoms with Gasteiger partial charge in [-0.25, -0.2) is 18.3 Å². The summed E-state index contributed by atoms with van der Waals surface area (Å²) in [5, 5.41) is 10.1. The SMILES string of the molecule is CC(C)(C)NC(=O)NC1CCCc2c1cnn2-c1ccc(F)cc1F. The molecule has 7 heteroatoms. The third-order valence-electron chi connectivity index (χ3n) is 4.11. The van der Waals surface area contributed by atoms with Gasteiger partial charge in [-0.3, -0.25) is 0 Å². The first-order valence-electron chi connectivity index (χ1n) is 8.35. The highest BCUT2D eigenvalue weighted by Crippen LogP contribution is 2.31. The van der Waals surface area contributed by atoms with E-state index in [1.807, 2.05) is 20.8 Å². The minimum Gasteiger partial charge on any atom is -0.334 e. The van der Waals surface area contributed by atoms with Gasteiger partial charge in [-0.2, -0.15) is 5.10 Å². The lowest BCUT2D eigenvalue weighted by Gasteiger charge is -2.27. The number of nitrogens with one attached hydrogen (secondary N) is 2. The van der Waals surface area contributed by atoms with Crippen molar-refractivity contribution in [3.8, 4) is 5.69 Å². The highest BCUT2D eigenvalue weighted by Gasteiger charge is 2.27. The molecular formula is C18H22F2N4O. The molecule has 1 heterocycles. The summed E-state index contributed by atoms with van der Waals surface area (Å²) in [7, 11) is 0. The van der Waals surface area contributed by atoms with E-state index in [4.69, 9.17) is 0 Å². The van der Waals surface area contributed by atoms with Crippen LogP contribution in [0.25, 0.3) is 5.69 Å². The van der Waals surface area contributed by atoms with E-state index >= 15 is 0 Å². The van der Waals surface area contributed by atoms with Crippen LogP contribution in [0, 0.1) is 11.6 Å². The largest absolute Gasteiger partial charge is 0.334 e. The van der Waals surface area contributed by atoms with Crippen LogP contribution in [-0.4, -0.2) is 21.4 Å². The molecule has 2 amide bonds. The molecular weight excluding hydrogens is 326 g/mol. The number of amides is 2. The summed E-state index contributed by atoms with van der Waals surface area (Å²) in [6, 6.07) is 3.01. The fraction of sp³-hybridized carbons (Fsp3) is 0.444. The van der Waals surface area contributed by atoms with Crippen molar-refractivity contribution < 1.29 is 13.6 Å². The fourth-order valence-corrected chi connectivity index (χ4v) is 3.10. The molecule has 1 atom stereocenters. The van der Waals surface area contributed by atoms with Gasteiger partial charge in [0.15, 0.2) is 5.82 Å². The van der Waals surface area contributed by atoms with Gasteiger partial charge in [-0.15, -0.1) is 0 Å². The number of nitrogens with zero attached hydrogens (tertiary/aromatic N) is 2. The monoisotopic (exact) mass is 348 g/mol. The van der Waals surface area contributed by atoms with Crippen LogP contribution in [-0.2, 0) is 6.42 Å². The zero-order valence-electron chi connectivity index (χ0n) is 14.6. The number of halogens is 2. The van der Waals surface area contributed by atoms with Crippen molar-refractivity contribution in [2.45, 2.75) is 51.6 Å². The Kier molecular flexibility index (Phi) is 4.49. The first-order valence-corrected chi connectivity index (χ1v) is 8.35. The molecule has 25 heavy (non-hydrogen) atoms. The molecule has 0 saturated carbocycles. The number of aromatic nitrogens is 2. The molecule has 2 aromatic rings. The molecule has 1 aliphatic carbocycles. The topological polar surface area (TPSA) is 59.0 Å². The van der Waals surface area contributed by atoms with Crippen LogP contribution in [0.15, 0.2) is 24.4 Å². The molecule has 0 bridgehead atoms. The van der Waals surface area contributed by atoms with Crippen molar-refractivity contribution in [2.24, 2.45) is 0 Å². The van der Waals surface area contributed by atoms with E-state index in [0.717, 1.165) is 36.6 Å². The summed E-state index contributed by atoms with van der Waals surface area (Å²) in [5.41, 5.74) is 1.60. The van der Waals surface area contributed by atoms with Crippen LogP contribution >= 0.6 is 0 Å². The normalized spacial score (nSPS) is 17.1. The molecule has 1 aromatic carbocycles. The Balaban J connectivity index is 1.86. The highest BCUT2D eigenvalue weighted by molar-refractivity contribution is 5.75. The van der Waals surface area contributed by atoms with Gasteiger partial charge in [0.1, 0.15) is 11.5 Å². The summed E-state index contributed by atoms with van der Waals surface area (Å²) in [5.74, 6) is -1.29. The molecule has 2 N–H and O–H groups in total. The molecule has 3 rings (SSSR count). The summed E-state index contributed by atoms with van der Waals surface area (Å²) >= 11 is 0. The second kappa shape index (κ2) is 6.46. The molecule has 134 valence electrons. The number of urea groups is 1. The maximum atomic E-state index is 14.1. The maximum absolute atomic E-state index is 14.1. The lowest BCUT2D eigenvalue weighted by atomic mass is 9.93. The van der Waals surface area contributed by atoms with Gasteiger partial charge in [0.25, 0.3) is 0 Å². The van der Waals surface area contributed by atoms with Crippen LogP contribution in [0.4, 0.5) is 13.6 Å². The second-order valence-corrected chi connectivity index (χ2v) is 7.35. The van der Waals surface area contributed by atoms with Gasteiger partial charge >= 0.3 is 6.03 Å². The van der Waals surface area contributed by atoms with Crippen molar-refractivity contribution in [2.75, 3.05) is 0 Å². The van der Waals surface area contributed by atoms with E-state index in [-0.39, 0.29) is 23.3 Å². The van der Waals surface area contributed by atoms with E-state index in [1.165, 1.54) is 16.8 Å². The third kappa shape index (κ3) is 3.81. The van der Waals surface area contributed by atoms with Gasteiger partial charge in [0, 0.05) is 22.9 Å². The highest BCUT2D eigenvalue weighted by atomic mass is 19.1. The lowest BCUT2D eigenvalue weighted by Crippen LogP contribution is -2.47. The number of hydrogen-bond donors (Lipinski definition) is 2. The van der Waals surface area contributed by atoms with E-state index < -0.39 is 11.6 Å². The van der Waals surface area contributed by atoms with Crippen molar-refractivity contribution in [1.82, 2.24) is 20.4 Å². The van der Waals surface area contributed by atoms with Crippen molar-refractivity contribution in [3.63, 3.8) is 0 Å². The van der Waals surface area contributed by atoms with Crippen molar-refractivity contribution in [1.29, 1.82) is 0 Å². The summed E-state index contributed by atoms with van der Waals surface area (Å²) in [4.78, 5) is 12.2. The van der Waals surface area contributed by atoms with E-state index in [0.29, 0.717) is 0 Å². The Labute approximate surface area is 145 Å². The standard InChI is InChI=1S/C18H22F2N4O/c1-18(2,3)23-17(25)22-14-5-4-6-15-12(14)10-21-24(15)16-8-7-11(19)9-13(16)20/h7-10,14H,4-6H2,1-3H3,(H2,22,23,25). The molecule has 0 fully saturated rings. The van der Waals surface area contributed by atoms with Gasteiger partial charge in [0.2, 0.25) is 0 Å². The zero-order valence-corrected chi connectivity index (χ0v) is 14.6. The summed E-state index contributed by atoms with van der Waals surface area (Å²) < 4.78 is 28.7. The Morgan fingerprint density at radius 3 is 2.76 bits per heavy atom. The van der Waals surface area contributed by atoms with E-state index in [9.17, 15) is 13.6 Å².